The lowest BCUT2D eigenvalue weighted by Crippen LogP contribution is -2.28. The largest absolute Gasteiger partial charge is 0.475 e. The van der Waals surface area contributed by atoms with E-state index < -0.39 is 0 Å². The summed E-state index contributed by atoms with van der Waals surface area (Å²) in [7, 11) is 2.09. The van der Waals surface area contributed by atoms with Crippen LogP contribution in [0.25, 0.3) is 10.8 Å². The molecule has 0 saturated carbocycles. The maximum atomic E-state index is 6.02. The molecule has 0 spiro atoms. The Morgan fingerprint density at radius 2 is 1.80 bits per heavy atom. The summed E-state index contributed by atoms with van der Waals surface area (Å²) in [5.74, 6) is 0.648. The maximum absolute atomic E-state index is 6.02. The van der Waals surface area contributed by atoms with Gasteiger partial charge in [-0.1, -0.05) is 42.5 Å². The molecule has 4 nitrogen and oxygen atoms in total. The minimum Gasteiger partial charge on any atom is -0.475 e. The first-order valence-corrected chi connectivity index (χ1v) is 8.46. The van der Waals surface area contributed by atoms with E-state index in [1.54, 1.807) is 0 Å². The number of anilines is 2. The van der Waals surface area contributed by atoms with Crippen molar-refractivity contribution in [2.75, 3.05) is 30.8 Å². The first kappa shape index (κ1) is 15.5. The Morgan fingerprint density at radius 1 is 1.04 bits per heavy atom. The van der Waals surface area contributed by atoms with Crippen LogP contribution in [-0.2, 0) is 4.74 Å². The van der Waals surface area contributed by atoms with Crippen molar-refractivity contribution >= 4 is 28.0 Å². The van der Waals surface area contributed by atoms with E-state index in [0.29, 0.717) is 18.2 Å². The number of nitrogens with two attached hydrogens (primary N) is 1. The number of likely N-dealkylation sites (N-methyl/N-ethyl adjacent to an activating group) is 1. The Bertz CT molecular complexity index is 935. The van der Waals surface area contributed by atoms with Gasteiger partial charge in [-0.15, -0.1) is 0 Å². The number of rotatable bonds is 4. The molecule has 3 aromatic rings. The average Bonchev–Trinajstić information content (AvgIpc) is 3.10. The van der Waals surface area contributed by atoms with Gasteiger partial charge in [0, 0.05) is 25.0 Å². The van der Waals surface area contributed by atoms with Gasteiger partial charge in [0.05, 0.1) is 5.56 Å². The zero-order valence-electron chi connectivity index (χ0n) is 14.2. The predicted molar refractivity (Wildman–Crippen MR) is 104 cm³/mol. The molecule has 25 heavy (non-hydrogen) atoms. The minimum absolute atomic E-state index is 0.103. The number of para-hydroxylation sites is 1. The SMILES string of the molecule is CN(C[C@@H]1COC(c2ccccc2N)=N1)c1ccc2ccccc2c1. The van der Waals surface area contributed by atoms with Gasteiger partial charge in [0.15, 0.2) is 0 Å². The van der Waals surface area contributed by atoms with Crippen LogP contribution in [0.1, 0.15) is 5.56 Å². The molecule has 0 bridgehead atoms. The van der Waals surface area contributed by atoms with E-state index >= 15 is 0 Å². The lowest BCUT2D eigenvalue weighted by atomic mass is 10.1. The van der Waals surface area contributed by atoms with Crippen LogP contribution in [0.2, 0.25) is 0 Å². The van der Waals surface area contributed by atoms with Gasteiger partial charge in [-0.25, -0.2) is 4.99 Å². The fourth-order valence-electron chi connectivity index (χ4n) is 3.18. The number of fused-ring (bicyclic) bond motifs is 1. The molecule has 2 N–H and O–H groups in total. The highest BCUT2D eigenvalue weighted by atomic mass is 16.5. The van der Waals surface area contributed by atoms with E-state index in [1.165, 1.54) is 16.5 Å². The number of aliphatic imine (C=N–C) groups is 1. The number of ether oxygens (including phenoxy) is 1. The van der Waals surface area contributed by atoms with Crippen LogP contribution in [0.3, 0.4) is 0 Å². The normalized spacial score (nSPS) is 16.5. The summed E-state index contributed by atoms with van der Waals surface area (Å²) < 4.78 is 5.78. The Kier molecular flexibility index (Phi) is 4.02. The third-order valence-electron chi connectivity index (χ3n) is 4.56. The molecule has 0 fully saturated rings. The molecule has 4 heteroatoms. The summed E-state index contributed by atoms with van der Waals surface area (Å²) in [6.45, 7) is 1.39. The molecule has 1 heterocycles. The summed E-state index contributed by atoms with van der Waals surface area (Å²) in [6.07, 6.45) is 0. The van der Waals surface area contributed by atoms with Crippen molar-refractivity contribution in [1.82, 2.24) is 0 Å². The lowest BCUT2D eigenvalue weighted by molar-refractivity contribution is 0.318. The van der Waals surface area contributed by atoms with Crippen molar-refractivity contribution in [1.29, 1.82) is 0 Å². The zero-order chi connectivity index (χ0) is 17.2. The van der Waals surface area contributed by atoms with Crippen LogP contribution in [0, 0.1) is 0 Å². The van der Waals surface area contributed by atoms with Crippen molar-refractivity contribution in [3.8, 4) is 0 Å². The smallest absolute Gasteiger partial charge is 0.218 e. The second kappa shape index (κ2) is 6.48. The Labute approximate surface area is 147 Å². The standard InChI is InChI=1S/C21H21N3O/c1-24(18-11-10-15-6-2-3-7-16(15)12-18)13-17-14-25-21(23-17)19-8-4-5-9-20(19)22/h2-12,17H,13-14,22H2,1H3/t17-/m1/s1. The summed E-state index contributed by atoms with van der Waals surface area (Å²) in [5, 5.41) is 2.50. The van der Waals surface area contributed by atoms with Gasteiger partial charge < -0.3 is 15.4 Å². The molecular weight excluding hydrogens is 310 g/mol. The van der Waals surface area contributed by atoms with Crippen molar-refractivity contribution < 1.29 is 4.74 Å². The molecule has 0 radical (unpaired) electrons. The van der Waals surface area contributed by atoms with E-state index in [2.05, 4.69) is 54.4 Å². The van der Waals surface area contributed by atoms with Crippen LogP contribution in [0.5, 0.6) is 0 Å². The van der Waals surface area contributed by atoms with Gasteiger partial charge in [0.2, 0.25) is 5.90 Å². The fourth-order valence-corrected chi connectivity index (χ4v) is 3.18. The van der Waals surface area contributed by atoms with Crippen LogP contribution in [0.15, 0.2) is 71.7 Å². The van der Waals surface area contributed by atoms with Gasteiger partial charge in [-0.3, -0.25) is 0 Å². The fraction of sp³-hybridized carbons (Fsp3) is 0.190. The van der Waals surface area contributed by atoms with Crippen LogP contribution in [-0.4, -0.2) is 32.1 Å². The van der Waals surface area contributed by atoms with Crippen molar-refractivity contribution in [2.45, 2.75) is 6.04 Å². The molecule has 1 aliphatic heterocycles. The Balaban J connectivity index is 1.51. The quantitative estimate of drug-likeness (QED) is 0.742. The third kappa shape index (κ3) is 3.15. The molecule has 0 amide bonds. The summed E-state index contributed by atoms with van der Waals surface area (Å²) in [5.41, 5.74) is 8.77. The van der Waals surface area contributed by atoms with Gasteiger partial charge in [-0.2, -0.15) is 0 Å². The molecule has 1 atom stereocenters. The molecule has 0 unspecified atom stereocenters. The number of hydrogen-bond acceptors (Lipinski definition) is 4. The number of hydrogen-bond donors (Lipinski definition) is 1. The molecule has 0 aliphatic carbocycles. The summed E-state index contributed by atoms with van der Waals surface area (Å²) in [4.78, 5) is 6.94. The topological polar surface area (TPSA) is 50.9 Å². The lowest BCUT2D eigenvalue weighted by Gasteiger charge is -2.21. The highest BCUT2D eigenvalue weighted by molar-refractivity contribution is 5.99. The number of nitrogens with zero attached hydrogens (tertiary/aromatic N) is 2. The molecule has 4 rings (SSSR count). The van der Waals surface area contributed by atoms with Gasteiger partial charge in [0.25, 0.3) is 0 Å². The highest BCUT2D eigenvalue weighted by Crippen LogP contribution is 2.23. The van der Waals surface area contributed by atoms with Crippen LogP contribution in [0.4, 0.5) is 11.4 Å². The second-order valence-electron chi connectivity index (χ2n) is 6.40. The highest BCUT2D eigenvalue weighted by Gasteiger charge is 2.22. The Morgan fingerprint density at radius 3 is 2.64 bits per heavy atom. The minimum atomic E-state index is 0.103. The molecule has 3 aromatic carbocycles. The number of benzene rings is 3. The second-order valence-corrected chi connectivity index (χ2v) is 6.40. The first-order valence-electron chi connectivity index (χ1n) is 8.46. The summed E-state index contributed by atoms with van der Waals surface area (Å²) in [6, 6.07) is 22.7. The van der Waals surface area contributed by atoms with Gasteiger partial charge in [-0.05, 0) is 35.0 Å². The van der Waals surface area contributed by atoms with Gasteiger partial charge in [0.1, 0.15) is 12.6 Å². The van der Waals surface area contributed by atoms with E-state index in [-0.39, 0.29) is 6.04 Å². The van der Waals surface area contributed by atoms with E-state index in [0.717, 1.165) is 12.1 Å². The zero-order valence-corrected chi connectivity index (χ0v) is 14.2. The predicted octanol–water partition coefficient (Wildman–Crippen LogP) is 3.70. The average molecular weight is 331 g/mol. The Hall–Kier alpha value is -3.01. The molecule has 126 valence electrons. The van der Waals surface area contributed by atoms with Crippen molar-refractivity contribution in [3.63, 3.8) is 0 Å². The molecule has 1 aliphatic rings. The van der Waals surface area contributed by atoms with Gasteiger partial charge >= 0.3 is 0 Å². The van der Waals surface area contributed by atoms with E-state index in [1.807, 2.05) is 24.3 Å². The van der Waals surface area contributed by atoms with Crippen molar-refractivity contribution in [3.05, 3.63) is 72.3 Å². The monoisotopic (exact) mass is 331 g/mol. The van der Waals surface area contributed by atoms with Crippen molar-refractivity contribution in [2.24, 2.45) is 4.99 Å². The third-order valence-corrected chi connectivity index (χ3v) is 4.56. The van der Waals surface area contributed by atoms with Crippen LogP contribution >= 0.6 is 0 Å². The number of nitrogen functional groups attached to an aromatic ring is 1. The summed E-state index contributed by atoms with van der Waals surface area (Å²) >= 11 is 0. The maximum Gasteiger partial charge on any atom is 0.218 e. The molecular formula is C21H21N3O. The van der Waals surface area contributed by atoms with Crippen LogP contribution < -0.4 is 10.6 Å². The van der Waals surface area contributed by atoms with E-state index in [9.17, 15) is 0 Å². The first-order chi connectivity index (χ1) is 12.2. The molecule has 0 aromatic heterocycles. The molecule has 0 saturated heterocycles. The van der Waals surface area contributed by atoms with E-state index in [4.69, 9.17) is 15.5 Å².